The average molecular weight is 454 g/mol. The summed E-state index contributed by atoms with van der Waals surface area (Å²) in [4.78, 5) is 4.09. The van der Waals surface area contributed by atoms with Gasteiger partial charge in [-0.05, 0) is 42.8 Å². The number of aromatic nitrogens is 1. The summed E-state index contributed by atoms with van der Waals surface area (Å²) in [6.45, 7) is 1.52. The lowest BCUT2D eigenvalue weighted by Crippen LogP contribution is -2.09. The summed E-state index contributed by atoms with van der Waals surface area (Å²) in [6, 6.07) is 10.1. The van der Waals surface area contributed by atoms with Crippen LogP contribution in [0.4, 0.5) is 20.3 Å². The van der Waals surface area contributed by atoms with Gasteiger partial charge in [0.15, 0.2) is 11.6 Å². The van der Waals surface area contributed by atoms with Crippen molar-refractivity contribution in [1.82, 2.24) is 4.98 Å². The van der Waals surface area contributed by atoms with E-state index < -0.39 is 27.8 Å². The van der Waals surface area contributed by atoms with Crippen LogP contribution in [-0.2, 0) is 10.0 Å². The summed E-state index contributed by atoms with van der Waals surface area (Å²) < 4.78 is 58.6. The van der Waals surface area contributed by atoms with Gasteiger partial charge in [-0.1, -0.05) is 23.7 Å². The fourth-order valence-corrected chi connectivity index (χ4v) is 3.69. The molecule has 10 heteroatoms. The van der Waals surface area contributed by atoms with Crippen LogP contribution < -0.4 is 15.2 Å². The number of nitrogens with two attached hydrogens (primary N) is 1. The van der Waals surface area contributed by atoms with E-state index in [1.807, 2.05) is 0 Å². The molecule has 0 amide bonds. The minimum absolute atomic E-state index is 0.0638. The molecule has 0 bridgehead atoms. The fourth-order valence-electron chi connectivity index (χ4n) is 2.82. The molecular formula is C20H18ClF2N3O3S. The van der Waals surface area contributed by atoms with Crippen LogP contribution in [0, 0.1) is 11.6 Å². The van der Waals surface area contributed by atoms with Crippen molar-refractivity contribution in [3.05, 3.63) is 70.9 Å². The zero-order valence-corrected chi connectivity index (χ0v) is 17.6. The van der Waals surface area contributed by atoms with Crippen molar-refractivity contribution >= 4 is 33.1 Å². The first kappa shape index (κ1) is 21.8. The van der Waals surface area contributed by atoms with E-state index in [-0.39, 0.29) is 22.2 Å². The van der Waals surface area contributed by atoms with Crippen LogP contribution in [-0.4, -0.2) is 19.7 Å². The van der Waals surface area contributed by atoms with E-state index in [1.165, 1.54) is 13.1 Å². The molecule has 1 aromatic heterocycles. The van der Waals surface area contributed by atoms with Gasteiger partial charge in [-0.3, -0.25) is 4.72 Å². The highest BCUT2D eigenvalue weighted by Gasteiger charge is 2.21. The first-order valence-corrected chi connectivity index (χ1v) is 11.0. The summed E-state index contributed by atoms with van der Waals surface area (Å²) in [5.74, 6) is -1.23. The van der Waals surface area contributed by atoms with E-state index in [0.717, 1.165) is 18.4 Å². The van der Waals surface area contributed by atoms with Gasteiger partial charge in [0.05, 0.1) is 11.3 Å². The van der Waals surface area contributed by atoms with Gasteiger partial charge in [-0.25, -0.2) is 22.2 Å². The number of benzene rings is 2. The molecule has 0 fully saturated rings. The molecule has 1 unspecified atom stereocenters. The van der Waals surface area contributed by atoms with E-state index in [4.69, 9.17) is 22.1 Å². The summed E-state index contributed by atoms with van der Waals surface area (Å²) in [5.41, 5.74) is 7.51. The Bertz CT molecular complexity index is 1190. The molecule has 0 radical (unpaired) electrons. The maximum atomic E-state index is 14.2. The molecule has 0 aliphatic carbocycles. The highest BCUT2D eigenvalue weighted by molar-refractivity contribution is 7.92. The van der Waals surface area contributed by atoms with Gasteiger partial charge in [0.25, 0.3) is 0 Å². The van der Waals surface area contributed by atoms with Crippen LogP contribution in [0.3, 0.4) is 0 Å². The highest BCUT2D eigenvalue weighted by Crippen LogP contribution is 2.34. The summed E-state index contributed by atoms with van der Waals surface area (Å²) in [5, 5.41) is -0.362. The number of halogens is 3. The molecule has 0 spiro atoms. The van der Waals surface area contributed by atoms with Gasteiger partial charge in [-0.2, -0.15) is 0 Å². The molecule has 158 valence electrons. The Morgan fingerprint density at radius 1 is 1.10 bits per heavy atom. The smallest absolute Gasteiger partial charge is 0.229 e. The van der Waals surface area contributed by atoms with Crippen LogP contribution in [0.1, 0.15) is 18.6 Å². The van der Waals surface area contributed by atoms with Gasteiger partial charge in [0.1, 0.15) is 17.7 Å². The summed E-state index contributed by atoms with van der Waals surface area (Å²) in [7, 11) is -3.38. The van der Waals surface area contributed by atoms with Gasteiger partial charge in [0, 0.05) is 23.0 Å². The monoisotopic (exact) mass is 453 g/mol. The first-order valence-electron chi connectivity index (χ1n) is 8.69. The lowest BCUT2D eigenvalue weighted by molar-refractivity contribution is 0.221. The molecule has 1 atom stereocenters. The number of hydrogen-bond acceptors (Lipinski definition) is 5. The van der Waals surface area contributed by atoms with E-state index >= 15 is 0 Å². The Morgan fingerprint density at radius 2 is 1.73 bits per heavy atom. The average Bonchev–Trinajstić information content (AvgIpc) is 2.66. The number of nitrogens with zero attached hydrogens (tertiary/aromatic N) is 1. The number of nitrogens with one attached hydrogen (secondary N) is 1. The molecule has 6 nitrogen and oxygen atoms in total. The standard InChI is InChI=1S/C20H18ClF2N3O3S/c1-11(18-15(22)7-8-16(23)19(18)21)29-17-9-13(10-25-20(17)24)12-3-5-14(6-4-12)26-30(2,27)28/h3-11,26H,1-2H3,(H2,24,25). The third-order valence-corrected chi connectivity index (χ3v) is 5.18. The van der Waals surface area contributed by atoms with E-state index in [2.05, 4.69) is 9.71 Å². The predicted molar refractivity (Wildman–Crippen MR) is 113 cm³/mol. The van der Waals surface area contributed by atoms with Crippen molar-refractivity contribution in [2.75, 3.05) is 16.7 Å². The molecular weight excluding hydrogens is 436 g/mol. The van der Waals surface area contributed by atoms with Crippen molar-refractivity contribution in [2.24, 2.45) is 0 Å². The number of hydrogen-bond donors (Lipinski definition) is 2. The summed E-state index contributed by atoms with van der Waals surface area (Å²) >= 11 is 5.90. The molecule has 0 saturated carbocycles. The lowest BCUT2D eigenvalue weighted by atomic mass is 10.1. The Morgan fingerprint density at radius 3 is 2.37 bits per heavy atom. The number of nitrogen functional groups attached to an aromatic ring is 1. The van der Waals surface area contributed by atoms with Gasteiger partial charge in [-0.15, -0.1) is 0 Å². The highest BCUT2D eigenvalue weighted by atomic mass is 35.5. The van der Waals surface area contributed by atoms with Crippen molar-refractivity contribution < 1.29 is 21.9 Å². The molecule has 0 saturated heterocycles. The molecule has 3 N–H and O–H groups in total. The summed E-state index contributed by atoms with van der Waals surface area (Å²) in [6.07, 6.45) is 1.64. The Kier molecular flexibility index (Phi) is 6.14. The van der Waals surface area contributed by atoms with E-state index in [0.29, 0.717) is 16.8 Å². The minimum atomic E-state index is -3.38. The van der Waals surface area contributed by atoms with Gasteiger partial charge in [0.2, 0.25) is 10.0 Å². The van der Waals surface area contributed by atoms with E-state index in [9.17, 15) is 17.2 Å². The lowest BCUT2D eigenvalue weighted by Gasteiger charge is -2.18. The van der Waals surface area contributed by atoms with E-state index in [1.54, 1.807) is 30.3 Å². The molecule has 2 aromatic carbocycles. The second kappa shape index (κ2) is 8.45. The topological polar surface area (TPSA) is 94.3 Å². The zero-order chi connectivity index (χ0) is 22.1. The largest absolute Gasteiger partial charge is 0.482 e. The minimum Gasteiger partial charge on any atom is -0.482 e. The van der Waals surface area contributed by atoms with Crippen molar-refractivity contribution in [1.29, 1.82) is 0 Å². The second-order valence-electron chi connectivity index (χ2n) is 6.58. The Hall–Kier alpha value is -2.91. The van der Waals surface area contributed by atoms with Gasteiger partial charge < -0.3 is 10.5 Å². The third kappa shape index (κ3) is 4.98. The van der Waals surface area contributed by atoms with Crippen LogP contribution in [0.5, 0.6) is 5.75 Å². The van der Waals surface area contributed by atoms with Crippen molar-refractivity contribution in [3.8, 4) is 16.9 Å². The number of anilines is 2. The van der Waals surface area contributed by atoms with Crippen molar-refractivity contribution in [2.45, 2.75) is 13.0 Å². The number of sulfonamides is 1. The SMILES string of the molecule is CC(Oc1cc(-c2ccc(NS(C)(=O)=O)cc2)cnc1N)c1c(F)ccc(F)c1Cl. The Balaban J connectivity index is 1.88. The molecule has 30 heavy (non-hydrogen) atoms. The molecule has 3 rings (SSSR count). The quantitative estimate of drug-likeness (QED) is 0.524. The molecule has 0 aliphatic heterocycles. The normalized spacial score (nSPS) is 12.4. The zero-order valence-electron chi connectivity index (χ0n) is 16.0. The van der Waals surface area contributed by atoms with Crippen LogP contribution >= 0.6 is 11.6 Å². The molecule has 3 aromatic rings. The van der Waals surface area contributed by atoms with Crippen molar-refractivity contribution in [3.63, 3.8) is 0 Å². The number of pyridine rings is 1. The molecule has 1 heterocycles. The number of rotatable bonds is 6. The maximum Gasteiger partial charge on any atom is 0.229 e. The van der Waals surface area contributed by atoms with Gasteiger partial charge >= 0.3 is 0 Å². The number of ether oxygens (including phenoxy) is 1. The Labute approximate surface area is 177 Å². The van der Waals surface area contributed by atoms with Crippen LogP contribution in [0.2, 0.25) is 5.02 Å². The second-order valence-corrected chi connectivity index (χ2v) is 8.70. The fraction of sp³-hybridized carbons (Fsp3) is 0.150. The first-order chi connectivity index (χ1) is 14.0. The molecule has 0 aliphatic rings. The predicted octanol–water partition coefficient (Wildman–Crippen LogP) is 4.77. The van der Waals surface area contributed by atoms with Crippen LogP contribution in [0.25, 0.3) is 11.1 Å². The third-order valence-electron chi connectivity index (χ3n) is 4.19. The van der Waals surface area contributed by atoms with Crippen LogP contribution in [0.15, 0.2) is 48.7 Å². The maximum absolute atomic E-state index is 14.2.